The number of carbonyl (C=O) groups is 1. The van der Waals surface area contributed by atoms with Gasteiger partial charge in [-0.25, -0.2) is 4.39 Å². The maximum Gasteiger partial charge on any atom is 0.234 e. The van der Waals surface area contributed by atoms with Crippen LogP contribution in [0.25, 0.3) is 0 Å². The van der Waals surface area contributed by atoms with E-state index in [0.717, 1.165) is 18.5 Å². The molecule has 0 fully saturated rings. The third-order valence-electron chi connectivity index (χ3n) is 2.59. The predicted molar refractivity (Wildman–Crippen MR) is 70.6 cm³/mol. The zero-order valence-electron chi connectivity index (χ0n) is 11.0. The van der Waals surface area contributed by atoms with E-state index in [1.807, 2.05) is 0 Å². The van der Waals surface area contributed by atoms with E-state index in [0.29, 0.717) is 19.0 Å². The Morgan fingerprint density at radius 1 is 1.28 bits per heavy atom. The molecule has 4 heteroatoms. The van der Waals surface area contributed by atoms with Crippen molar-refractivity contribution in [1.82, 2.24) is 10.6 Å². The number of halogens is 1. The molecule has 0 bridgehead atoms. The Hall–Kier alpha value is -1.42. The van der Waals surface area contributed by atoms with Gasteiger partial charge in [-0.05, 0) is 36.6 Å². The van der Waals surface area contributed by atoms with Crippen LogP contribution in [-0.2, 0) is 11.3 Å². The number of hydrogen-bond acceptors (Lipinski definition) is 2. The number of rotatable bonds is 7. The third kappa shape index (κ3) is 6.35. The number of amides is 1. The molecule has 0 aromatic heterocycles. The van der Waals surface area contributed by atoms with E-state index in [1.54, 1.807) is 12.1 Å². The highest BCUT2D eigenvalue weighted by Crippen LogP contribution is 2.01. The van der Waals surface area contributed by atoms with E-state index in [2.05, 4.69) is 24.5 Å². The van der Waals surface area contributed by atoms with Gasteiger partial charge < -0.3 is 10.6 Å². The van der Waals surface area contributed by atoms with Crippen molar-refractivity contribution in [3.8, 4) is 0 Å². The Kier molecular flexibility index (Phi) is 6.36. The van der Waals surface area contributed by atoms with Gasteiger partial charge in [0.1, 0.15) is 5.82 Å². The molecule has 0 saturated carbocycles. The second kappa shape index (κ2) is 7.82. The molecular weight excluding hydrogens is 231 g/mol. The molecule has 0 spiro atoms. The zero-order valence-corrected chi connectivity index (χ0v) is 11.0. The van der Waals surface area contributed by atoms with Crippen molar-refractivity contribution in [1.29, 1.82) is 0 Å². The van der Waals surface area contributed by atoms with E-state index >= 15 is 0 Å². The van der Waals surface area contributed by atoms with Crippen molar-refractivity contribution < 1.29 is 9.18 Å². The zero-order chi connectivity index (χ0) is 13.4. The molecule has 18 heavy (non-hydrogen) atoms. The molecule has 0 aliphatic rings. The average Bonchev–Trinajstić information content (AvgIpc) is 2.34. The monoisotopic (exact) mass is 252 g/mol. The van der Waals surface area contributed by atoms with Crippen LogP contribution in [0.2, 0.25) is 0 Å². The fraction of sp³-hybridized carbons (Fsp3) is 0.500. The summed E-state index contributed by atoms with van der Waals surface area (Å²) in [7, 11) is 0. The first-order chi connectivity index (χ1) is 8.58. The predicted octanol–water partition coefficient (Wildman–Crippen LogP) is 2.08. The van der Waals surface area contributed by atoms with Crippen molar-refractivity contribution in [2.24, 2.45) is 5.92 Å². The first-order valence-electron chi connectivity index (χ1n) is 6.30. The molecule has 0 radical (unpaired) electrons. The normalized spacial score (nSPS) is 10.7. The Balaban J connectivity index is 2.15. The lowest BCUT2D eigenvalue weighted by molar-refractivity contribution is -0.120. The lowest BCUT2D eigenvalue weighted by Gasteiger charge is -2.08. The Labute approximate surface area is 108 Å². The van der Waals surface area contributed by atoms with Gasteiger partial charge in [0, 0.05) is 6.54 Å². The van der Waals surface area contributed by atoms with Crippen LogP contribution in [-0.4, -0.2) is 19.0 Å². The van der Waals surface area contributed by atoms with E-state index in [4.69, 9.17) is 0 Å². The molecule has 0 aliphatic heterocycles. The summed E-state index contributed by atoms with van der Waals surface area (Å²) in [4.78, 5) is 11.5. The van der Waals surface area contributed by atoms with E-state index in [-0.39, 0.29) is 11.7 Å². The second-order valence-corrected chi connectivity index (χ2v) is 4.76. The molecule has 100 valence electrons. The third-order valence-corrected chi connectivity index (χ3v) is 2.59. The van der Waals surface area contributed by atoms with Gasteiger partial charge in [-0.3, -0.25) is 4.79 Å². The van der Waals surface area contributed by atoms with Crippen LogP contribution in [0.1, 0.15) is 25.8 Å². The Bertz CT molecular complexity index is 363. The van der Waals surface area contributed by atoms with Crippen LogP contribution in [0.15, 0.2) is 24.3 Å². The fourth-order valence-electron chi connectivity index (χ4n) is 1.46. The average molecular weight is 252 g/mol. The summed E-state index contributed by atoms with van der Waals surface area (Å²) in [6, 6.07) is 6.12. The van der Waals surface area contributed by atoms with Crippen molar-refractivity contribution in [3.63, 3.8) is 0 Å². The first-order valence-corrected chi connectivity index (χ1v) is 6.30. The highest BCUT2D eigenvalue weighted by molar-refractivity contribution is 5.77. The number of nitrogens with one attached hydrogen (secondary N) is 2. The van der Waals surface area contributed by atoms with E-state index in [9.17, 15) is 9.18 Å². The molecular formula is C14H21FN2O. The van der Waals surface area contributed by atoms with Crippen LogP contribution in [0.4, 0.5) is 4.39 Å². The largest absolute Gasteiger partial charge is 0.351 e. The maximum atomic E-state index is 12.7. The SMILES string of the molecule is CC(C)CCNCC(=O)NCc1ccc(F)cc1. The van der Waals surface area contributed by atoms with Crippen molar-refractivity contribution in [2.75, 3.05) is 13.1 Å². The highest BCUT2D eigenvalue weighted by atomic mass is 19.1. The van der Waals surface area contributed by atoms with Crippen LogP contribution in [0, 0.1) is 11.7 Å². The molecule has 1 rings (SSSR count). The van der Waals surface area contributed by atoms with Crippen LogP contribution >= 0.6 is 0 Å². The standard InChI is InChI=1S/C14H21FN2O/c1-11(2)7-8-16-10-14(18)17-9-12-3-5-13(15)6-4-12/h3-6,11,16H,7-10H2,1-2H3,(H,17,18). The summed E-state index contributed by atoms with van der Waals surface area (Å²) < 4.78 is 12.7. The van der Waals surface area contributed by atoms with E-state index in [1.165, 1.54) is 12.1 Å². The van der Waals surface area contributed by atoms with Gasteiger partial charge in [0.25, 0.3) is 0 Å². The van der Waals surface area contributed by atoms with Crippen LogP contribution < -0.4 is 10.6 Å². The summed E-state index contributed by atoms with van der Waals surface area (Å²) in [5, 5.41) is 5.87. The molecule has 2 N–H and O–H groups in total. The summed E-state index contributed by atoms with van der Waals surface area (Å²) in [5.41, 5.74) is 0.895. The molecule has 0 atom stereocenters. The Morgan fingerprint density at radius 2 is 1.94 bits per heavy atom. The van der Waals surface area contributed by atoms with Gasteiger partial charge in [-0.2, -0.15) is 0 Å². The molecule has 1 aromatic carbocycles. The molecule has 0 unspecified atom stereocenters. The van der Waals surface area contributed by atoms with Crippen molar-refractivity contribution in [3.05, 3.63) is 35.6 Å². The quantitative estimate of drug-likeness (QED) is 0.729. The first kappa shape index (κ1) is 14.6. The summed E-state index contributed by atoms with van der Waals surface area (Å²) >= 11 is 0. The fourth-order valence-corrected chi connectivity index (χ4v) is 1.46. The Morgan fingerprint density at radius 3 is 2.56 bits per heavy atom. The molecule has 0 saturated heterocycles. The number of benzene rings is 1. The van der Waals surface area contributed by atoms with Crippen molar-refractivity contribution >= 4 is 5.91 Å². The van der Waals surface area contributed by atoms with Gasteiger partial charge >= 0.3 is 0 Å². The molecule has 1 amide bonds. The lowest BCUT2D eigenvalue weighted by atomic mass is 10.1. The van der Waals surface area contributed by atoms with Crippen LogP contribution in [0.5, 0.6) is 0 Å². The smallest absolute Gasteiger partial charge is 0.234 e. The van der Waals surface area contributed by atoms with Crippen LogP contribution in [0.3, 0.4) is 0 Å². The van der Waals surface area contributed by atoms with Gasteiger partial charge in [-0.1, -0.05) is 26.0 Å². The minimum atomic E-state index is -0.263. The highest BCUT2D eigenvalue weighted by Gasteiger charge is 2.01. The minimum Gasteiger partial charge on any atom is -0.351 e. The maximum absolute atomic E-state index is 12.7. The summed E-state index contributed by atoms with van der Waals surface area (Å²) in [6.07, 6.45) is 1.06. The molecule has 0 heterocycles. The summed E-state index contributed by atoms with van der Waals surface area (Å²) in [5.74, 6) is 0.336. The molecule has 1 aromatic rings. The molecule has 0 aliphatic carbocycles. The van der Waals surface area contributed by atoms with Gasteiger partial charge in [0.05, 0.1) is 6.54 Å². The van der Waals surface area contributed by atoms with Crippen molar-refractivity contribution in [2.45, 2.75) is 26.8 Å². The number of hydrogen-bond donors (Lipinski definition) is 2. The molecule has 3 nitrogen and oxygen atoms in total. The van der Waals surface area contributed by atoms with Gasteiger partial charge in [0.15, 0.2) is 0 Å². The van der Waals surface area contributed by atoms with Gasteiger partial charge in [0.2, 0.25) is 5.91 Å². The number of carbonyl (C=O) groups excluding carboxylic acids is 1. The lowest BCUT2D eigenvalue weighted by Crippen LogP contribution is -2.34. The topological polar surface area (TPSA) is 41.1 Å². The summed E-state index contributed by atoms with van der Waals surface area (Å²) in [6.45, 7) is 5.91. The minimum absolute atomic E-state index is 0.0388. The van der Waals surface area contributed by atoms with Gasteiger partial charge in [-0.15, -0.1) is 0 Å². The van der Waals surface area contributed by atoms with E-state index < -0.39 is 0 Å². The second-order valence-electron chi connectivity index (χ2n) is 4.76.